The first-order valence-corrected chi connectivity index (χ1v) is 13.0. The van der Waals surface area contributed by atoms with Crippen LogP contribution in [0.25, 0.3) is 11.1 Å². The Morgan fingerprint density at radius 3 is 2.35 bits per heavy atom. The first-order valence-electron chi connectivity index (χ1n) is 13.0. The number of carboxylic acids is 1. The van der Waals surface area contributed by atoms with Crippen molar-refractivity contribution in [2.45, 2.75) is 79.9 Å². The molecule has 0 spiro atoms. The quantitative estimate of drug-likeness (QED) is 0.432. The van der Waals surface area contributed by atoms with Crippen molar-refractivity contribution in [2.24, 2.45) is 11.3 Å². The van der Waals surface area contributed by atoms with E-state index in [1.807, 2.05) is 33.8 Å². The number of aryl methyl sites for hydroxylation is 1. The second kappa shape index (κ2) is 11.3. The van der Waals surface area contributed by atoms with Crippen molar-refractivity contribution in [1.82, 2.24) is 9.97 Å². The van der Waals surface area contributed by atoms with Crippen molar-refractivity contribution in [3.05, 3.63) is 29.7 Å². The molecule has 0 aromatic carbocycles. The van der Waals surface area contributed by atoms with E-state index in [1.165, 1.54) is 0 Å². The summed E-state index contributed by atoms with van der Waals surface area (Å²) in [5.74, 6) is 0.261. The summed E-state index contributed by atoms with van der Waals surface area (Å²) in [5, 5.41) is 10.3. The third kappa shape index (κ3) is 7.12. The molecule has 204 valence electrons. The number of rotatable bonds is 9. The van der Waals surface area contributed by atoms with E-state index in [0.29, 0.717) is 35.4 Å². The van der Waals surface area contributed by atoms with Gasteiger partial charge in [0.25, 0.3) is 5.88 Å². The van der Waals surface area contributed by atoms with Crippen LogP contribution in [0, 0.1) is 18.3 Å². The second-order valence-corrected chi connectivity index (χ2v) is 12.1. The number of anilines is 1. The summed E-state index contributed by atoms with van der Waals surface area (Å²) in [5.41, 5.74) is 3.20. The standard InChI is InChI=1S/C29H43N3O5/c1-18(2)17-36-26-22(35-9)14-20(15-31-26)21-16-30-19(3)23(25(27(33)34)37-28(4,5)6)24(21)32-12-10-29(7,8)11-13-32/h14-16,18,25H,10-13,17H2,1-9H3,(H,33,34). The lowest BCUT2D eigenvalue weighted by Crippen LogP contribution is -2.39. The summed E-state index contributed by atoms with van der Waals surface area (Å²) in [7, 11) is 1.59. The molecule has 8 nitrogen and oxygen atoms in total. The predicted octanol–water partition coefficient (Wildman–Crippen LogP) is 6.06. The molecule has 8 heteroatoms. The molecule has 3 heterocycles. The van der Waals surface area contributed by atoms with E-state index in [4.69, 9.17) is 14.2 Å². The molecule has 37 heavy (non-hydrogen) atoms. The summed E-state index contributed by atoms with van der Waals surface area (Å²) in [6.07, 6.45) is 4.37. The molecule has 2 aromatic rings. The zero-order chi connectivity index (χ0) is 27.5. The Kier molecular flexibility index (Phi) is 8.73. The van der Waals surface area contributed by atoms with E-state index in [0.717, 1.165) is 42.7 Å². The van der Waals surface area contributed by atoms with Gasteiger partial charge >= 0.3 is 5.97 Å². The summed E-state index contributed by atoms with van der Waals surface area (Å²) in [6, 6.07) is 1.89. The summed E-state index contributed by atoms with van der Waals surface area (Å²) >= 11 is 0. The minimum Gasteiger partial charge on any atom is -0.491 e. The zero-order valence-corrected chi connectivity index (χ0v) is 23.8. The van der Waals surface area contributed by atoms with Gasteiger partial charge in [-0.05, 0) is 57.9 Å². The van der Waals surface area contributed by atoms with Crippen LogP contribution in [0.3, 0.4) is 0 Å². The highest BCUT2D eigenvalue weighted by Crippen LogP contribution is 2.44. The van der Waals surface area contributed by atoms with Crippen LogP contribution >= 0.6 is 0 Å². The van der Waals surface area contributed by atoms with E-state index in [9.17, 15) is 9.90 Å². The second-order valence-electron chi connectivity index (χ2n) is 12.1. The normalized spacial score (nSPS) is 16.5. The smallest absolute Gasteiger partial charge is 0.337 e. The Balaban J connectivity index is 2.21. The number of ether oxygens (including phenoxy) is 3. The Hall–Kier alpha value is -2.87. The van der Waals surface area contributed by atoms with Gasteiger partial charge in [0, 0.05) is 47.9 Å². The predicted molar refractivity (Wildman–Crippen MR) is 146 cm³/mol. The molecule has 1 fully saturated rings. The number of hydrogen-bond donors (Lipinski definition) is 1. The van der Waals surface area contributed by atoms with E-state index in [1.54, 1.807) is 19.5 Å². The Morgan fingerprint density at radius 2 is 1.81 bits per heavy atom. The molecular formula is C29H43N3O5. The molecule has 0 radical (unpaired) electrons. The van der Waals surface area contributed by atoms with Crippen LogP contribution in [0.2, 0.25) is 0 Å². The highest BCUT2D eigenvalue weighted by molar-refractivity contribution is 5.86. The number of carboxylic acid groups (broad SMARTS) is 1. The lowest BCUT2D eigenvalue weighted by Gasteiger charge is -2.41. The van der Waals surface area contributed by atoms with Crippen LogP contribution in [0.4, 0.5) is 5.69 Å². The number of aliphatic carboxylic acids is 1. The number of hydrogen-bond acceptors (Lipinski definition) is 7. The molecule has 3 rings (SSSR count). The first kappa shape index (κ1) is 28.7. The SMILES string of the molecule is COc1cc(-c2cnc(C)c(C(OC(C)(C)C)C(=O)O)c2N2CCC(C)(C)CC2)cnc1OCC(C)C. The molecule has 0 aliphatic carbocycles. The number of aromatic nitrogens is 2. The maximum atomic E-state index is 12.6. The minimum absolute atomic E-state index is 0.229. The van der Waals surface area contributed by atoms with E-state index in [2.05, 4.69) is 42.6 Å². The Bertz CT molecular complexity index is 1100. The molecule has 0 saturated carbocycles. The first-order chi connectivity index (χ1) is 17.2. The number of methoxy groups -OCH3 is 1. The van der Waals surface area contributed by atoms with Crippen molar-refractivity contribution in [2.75, 3.05) is 31.7 Å². The van der Waals surface area contributed by atoms with Gasteiger partial charge in [-0.1, -0.05) is 27.7 Å². The number of piperidine rings is 1. The molecule has 1 atom stereocenters. The van der Waals surface area contributed by atoms with Crippen molar-refractivity contribution in [1.29, 1.82) is 0 Å². The average Bonchev–Trinajstić information content (AvgIpc) is 2.80. The van der Waals surface area contributed by atoms with Gasteiger partial charge in [-0.2, -0.15) is 0 Å². The van der Waals surface area contributed by atoms with Gasteiger partial charge in [0.1, 0.15) is 0 Å². The lowest BCUT2D eigenvalue weighted by molar-refractivity contribution is -0.160. The average molecular weight is 514 g/mol. The van der Waals surface area contributed by atoms with E-state index < -0.39 is 17.7 Å². The molecule has 1 saturated heterocycles. The lowest BCUT2D eigenvalue weighted by atomic mass is 9.82. The topological polar surface area (TPSA) is 94.0 Å². The van der Waals surface area contributed by atoms with Crippen LogP contribution in [-0.4, -0.2) is 53.5 Å². The van der Waals surface area contributed by atoms with Gasteiger partial charge < -0.3 is 24.2 Å². The van der Waals surface area contributed by atoms with Crippen LogP contribution in [0.5, 0.6) is 11.6 Å². The summed E-state index contributed by atoms with van der Waals surface area (Å²) in [6.45, 7) is 18.3. The number of pyridine rings is 2. The molecule has 2 aromatic heterocycles. The summed E-state index contributed by atoms with van der Waals surface area (Å²) < 4.78 is 17.6. The molecular weight excluding hydrogens is 470 g/mol. The fourth-order valence-corrected chi connectivity index (χ4v) is 4.48. The molecule has 1 aliphatic heterocycles. The van der Waals surface area contributed by atoms with Crippen molar-refractivity contribution in [3.63, 3.8) is 0 Å². The molecule has 1 unspecified atom stereocenters. The Morgan fingerprint density at radius 1 is 1.16 bits per heavy atom. The molecule has 1 N–H and O–H groups in total. The van der Waals surface area contributed by atoms with E-state index in [-0.39, 0.29) is 5.41 Å². The third-order valence-corrected chi connectivity index (χ3v) is 6.58. The van der Waals surface area contributed by atoms with Crippen LogP contribution < -0.4 is 14.4 Å². The monoisotopic (exact) mass is 513 g/mol. The van der Waals surface area contributed by atoms with Gasteiger partial charge in [-0.25, -0.2) is 9.78 Å². The highest BCUT2D eigenvalue weighted by Gasteiger charge is 2.36. The number of nitrogens with zero attached hydrogens (tertiary/aromatic N) is 3. The van der Waals surface area contributed by atoms with Gasteiger partial charge in [0.05, 0.1) is 25.0 Å². The van der Waals surface area contributed by atoms with Crippen molar-refractivity contribution in [3.8, 4) is 22.8 Å². The van der Waals surface area contributed by atoms with Crippen molar-refractivity contribution >= 4 is 11.7 Å². The fourth-order valence-electron chi connectivity index (χ4n) is 4.48. The summed E-state index contributed by atoms with van der Waals surface area (Å²) in [4.78, 5) is 24.0. The third-order valence-electron chi connectivity index (χ3n) is 6.58. The van der Waals surface area contributed by atoms with Gasteiger partial charge in [0.2, 0.25) is 0 Å². The molecule has 1 aliphatic rings. The van der Waals surface area contributed by atoms with Crippen LogP contribution in [0.15, 0.2) is 18.5 Å². The van der Waals surface area contributed by atoms with Crippen LogP contribution in [-0.2, 0) is 9.53 Å². The van der Waals surface area contributed by atoms with Crippen molar-refractivity contribution < 1.29 is 24.1 Å². The minimum atomic E-state index is -1.17. The van der Waals surface area contributed by atoms with E-state index >= 15 is 0 Å². The zero-order valence-electron chi connectivity index (χ0n) is 23.8. The molecule has 0 amide bonds. The highest BCUT2D eigenvalue weighted by atomic mass is 16.5. The largest absolute Gasteiger partial charge is 0.491 e. The van der Waals surface area contributed by atoms with Gasteiger partial charge in [-0.15, -0.1) is 0 Å². The maximum absolute atomic E-state index is 12.6. The van der Waals surface area contributed by atoms with Gasteiger partial charge in [-0.3, -0.25) is 4.98 Å². The number of carbonyl (C=O) groups is 1. The Labute approximate surface area is 221 Å². The van der Waals surface area contributed by atoms with Crippen LogP contribution in [0.1, 0.15) is 78.7 Å². The maximum Gasteiger partial charge on any atom is 0.337 e. The molecule has 0 bridgehead atoms. The van der Waals surface area contributed by atoms with Gasteiger partial charge in [0.15, 0.2) is 11.9 Å². The fraction of sp³-hybridized carbons (Fsp3) is 0.621.